The minimum atomic E-state index is -0.199. The third-order valence-electron chi connectivity index (χ3n) is 1.92. The van der Waals surface area contributed by atoms with Crippen molar-refractivity contribution in [1.82, 2.24) is 0 Å². The summed E-state index contributed by atoms with van der Waals surface area (Å²) in [5.41, 5.74) is 0.666. The molecule has 0 fully saturated rings. The number of ether oxygens (including phenoxy) is 1. The maximum atomic E-state index is 11.3. The molecule has 0 aliphatic rings. The van der Waals surface area contributed by atoms with Gasteiger partial charge in [0.05, 0.1) is 12.2 Å². The maximum absolute atomic E-state index is 11.3. The van der Waals surface area contributed by atoms with Crippen LogP contribution in [0.25, 0.3) is 0 Å². The maximum Gasteiger partial charge on any atom is 0.338 e. The lowest BCUT2D eigenvalue weighted by Gasteiger charge is -2.05. The Morgan fingerprint density at radius 1 is 1.57 bits per heavy atom. The smallest absolute Gasteiger partial charge is 0.338 e. The van der Waals surface area contributed by atoms with Gasteiger partial charge in [0.2, 0.25) is 0 Å². The molecule has 1 aromatic rings. The summed E-state index contributed by atoms with van der Waals surface area (Å²) in [6.45, 7) is 4.87. The molecule has 2 nitrogen and oxygen atoms in total. The predicted molar refractivity (Wildman–Crippen MR) is 58.7 cm³/mol. The normalized spacial score (nSPS) is 10.5. The van der Waals surface area contributed by atoms with Crippen molar-refractivity contribution in [1.29, 1.82) is 0 Å². The summed E-state index contributed by atoms with van der Waals surface area (Å²) in [4.78, 5) is 11.3. The van der Waals surface area contributed by atoms with Crippen LogP contribution in [0.4, 0.5) is 0 Å². The second-order valence-electron chi connectivity index (χ2n) is 3.68. The average Bonchev–Trinajstić information content (AvgIpc) is 2.64. The molecule has 14 heavy (non-hydrogen) atoms. The third kappa shape index (κ3) is 3.92. The van der Waals surface area contributed by atoms with Gasteiger partial charge in [0.25, 0.3) is 0 Å². The van der Waals surface area contributed by atoms with Crippen molar-refractivity contribution in [3.8, 4) is 0 Å². The van der Waals surface area contributed by atoms with Gasteiger partial charge in [-0.2, -0.15) is 11.3 Å². The second-order valence-corrected chi connectivity index (χ2v) is 4.46. The summed E-state index contributed by atoms with van der Waals surface area (Å²) >= 11 is 1.51. The van der Waals surface area contributed by atoms with E-state index in [1.165, 1.54) is 11.3 Å². The first-order valence-electron chi connectivity index (χ1n) is 4.89. The van der Waals surface area contributed by atoms with E-state index in [9.17, 15) is 4.79 Å². The van der Waals surface area contributed by atoms with Gasteiger partial charge < -0.3 is 4.74 Å². The topological polar surface area (TPSA) is 26.3 Å². The molecule has 0 atom stereocenters. The van der Waals surface area contributed by atoms with Crippen LogP contribution in [0, 0.1) is 5.92 Å². The fourth-order valence-corrected chi connectivity index (χ4v) is 1.75. The predicted octanol–water partition coefficient (Wildman–Crippen LogP) is 3.34. The second kappa shape index (κ2) is 5.81. The Hall–Kier alpha value is -0.830. The van der Waals surface area contributed by atoms with Crippen molar-refractivity contribution in [3.63, 3.8) is 0 Å². The lowest BCUT2D eigenvalue weighted by atomic mass is 10.1. The highest BCUT2D eigenvalue weighted by Crippen LogP contribution is 2.08. The van der Waals surface area contributed by atoms with E-state index in [0.29, 0.717) is 18.1 Å². The van der Waals surface area contributed by atoms with E-state index in [1.54, 1.807) is 6.07 Å². The summed E-state index contributed by atoms with van der Waals surface area (Å²) in [7, 11) is 0. The SMILES string of the molecule is CC(C)CCCOC(=O)c1ccsc1. The van der Waals surface area contributed by atoms with E-state index < -0.39 is 0 Å². The van der Waals surface area contributed by atoms with Gasteiger partial charge >= 0.3 is 5.97 Å². The molecule has 0 spiro atoms. The number of esters is 1. The van der Waals surface area contributed by atoms with Gasteiger partial charge in [-0.15, -0.1) is 0 Å². The minimum absolute atomic E-state index is 0.199. The number of hydrogen-bond donors (Lipinski definition) is 0. The highest BCUT2D eigenvalue weighted by Gasteiger charge is 2.06. The Kier molecular flexibility index (Phi) is 4.66. The molecule has 78 valence electrons. The Balaban J connectivity index is 2.16. The highest BCUT2D eigenvalue weighted by molar-refractivity contribution is 7.08. The molecule has 0 N–H and O–H groups in total. The van der Waals surface area contributed by atoms with Crippen LogP contribution in [-0.2, 0) is 4.74 Å². The quantitative estimate of drug-likeness (QED) is 0.552. The molecule has 0 amide bonds. The van der Waals surface area contributed by atoms with Gasteiger partial charge in [-0.1, -0.05) is 13.8 Å². The lowest BCUT2D eigenvalue weighted by Crippen LogP contribution is -2.05. The van der Waals surface area contributed by atoms with Gasteiger partial charge in [0.1, 0.15) is 0 Å². The van der Waals surface area contributed by atoms with E-state index in [1.807, 2.05) is 10.8 Å². The van der Waals surface area contributed by atoms with Crippen molar-refractivity contribution in [3.05, 3.63) is 22.4 Å². The summed E-state index contributed by atoms with van der Waals surface area (Å²) in [6, 6.07) is 1.79. The molecule has 0 unspecified atom stereocenters. The van der Waals surface area contributed by atoms with Gasteiger partial charge in [-0.25, -0.2) is 4.79 Å². The van der Waals surface area contributed by atoms with E-state index in [2.05, 4.69) is 13.8 Å². The monoisotopic (exact) mass is 212 g/mol. The Labute approximate surface area is 88.9 Å². The van der Waals surface area contributed by atoms with Crippen LogP contribution < -0.4 is 0 Å². The molecular weight excluding hydrogens is 196 g/mol. The zero-order valence-electron chi connectivity index (χ0n) is 8.66. The van der Waals surface area contributed by atoms with Crippen LogP contribution in [0.15, 0.2) is 16.8 Å². The fourth-order valence-electron chi connectivity index (χ4n) is 1.12. The molecule has 1 heterocycles. The average molecular weight is 212 g/mol. The number of carbonyl (C=O) groups is 1. The van der Waals surface area contributed by atoms with Gasteiger partial charge in [-0.05, 0) is 30.2 Å². The molecule has 0 saturated carbocycles. The standard InChI is InChI=1S/C11H16O2S/c1-9(2)4-3-6-13-11(12)10-5-7-14-8-10/h5,7-9H,3-4,6H2,1-2H3. The molecule has 1 aromatic heterocycles. The van der Waals surface area contributed by atoms with Crippen LogP contribution in [0.2, 0.25) is 0 Å². The molecule has 0 aromatic carbocycles. The first-order chi connectivity index (χ1) is 6.70. The molecule has 0 bridgehead atoms. The van der Waals surface area contributed by atoms with Crippen molar-refractivity contribution in [2.24, 2.45) is 5.92 Å². The molecular formula is C11H16O2S. The molecule has 3 heteroatoms. The zero-order chi connectivity index (χ0) is 10.4. The lowest BCUT2D eigenvalue weighted by molar-refractivity contribution is 0.0495. The number of thiophene rings is 1. The van der Waals surface area contributed by atoms with Crippen LogP contribution >= 0.6 is 11.3 Å². The van der Waals surface area contributed by atoms with Gasteiger partial charge in [-0.3, -0.25) is 0 Å². The van der Waals surface area contributed by atoms with E-state index in [-0.39, 0.29) is 5.97 Å². The summed E-state index contributed by atoms with van der Waals surface area (Å²) in [5, 5.41) is 3.69. The highest BCUT2D eigenvalue weighted by atomic mass is 32.1. The van der Waals surface area contributed by atoms with Gasteiger partial charge in [0, 0.05) is 5.38 Å². The third-order valence-corrected chi connectivity index (χ3v) is 2.60. The minimum Gasteiger partial charge on any atom is -0.462 e. The van der Waals surface area contributed by atoms with Crippen molar-refractivity contribution >= 4 is 17.3 Å². The number of rotatable bonds is 5. The van der Waals surface area contributed by atoms with Gasteiger partial charge in [0.15, 0.2) is 0 Å². The summed E-state index contributed by atoms with van der Waals surface area (Å²) in [6.07, 6.45) is 2.06. The first-order valence-corrected chi connectivity index (χ1v) is 5.83. The van der Waals surface area contributed by atoms with Crippen molar-refractivity contribution in [2.45, 2.75) is 26.7 Å². The number of carbonyl (C=O) groups excluding carboxylic acids is 1. The van der Waals surface area contributed by atoms with E-state index >= 15 is 0 Å². The first kappa shape index (κ1) is 11.2. The molecule has 0 aliphatic carbocycles. The largest absolute Gasteiger partial charge is 0.462 e. The molecule has 1 rings (SSSR count). The van der Waals surface area contributed by atoms with Crippen LogP contribution in [-0.4, -0.2) is 12.6 Å². The van der Waals surface area contributed by atoms with E-state index in [4.69, 9.17) is 4.74 Å². The van der Waals surface area contributed by atoms with Crippen LogP contribution in [0.3, 0.4) is 0 Å². The van der Waals surface area contributed by atoms with Crippen molar-refractivity contribution in [2.75, 3.05) is 6.61 Å². The van der Waals surface area contributed by atoms with Crippen molar-refractivity contribution < 1.29 is 9.53 Å². The fraction of sp³-hybridized carbons (Fsp3) is 0.545. The summed E-state index contributed by atoms with van der Waals surface area (Å²) in [5.74, 6) is 0.477. The molecule has 0 aliphatic heterocycles. The molecule has 0 saturated heterocycles. The Bertz CT molecular complexity index is 265. The van der Waals surface area contributed by atoms with E-state index in [0.717, 1.165) is 12.8 Å². The van der Waals surface area contributed by atoms with Crippen LogP contribution in [0.5, 0.6) is 0 Å². The Morgan fingerprint density at radius 2 is 2.36 bits per heavy atom. The Morgan fingerprint density at radius 3 is 2.93 bits per heavy atom. The summed E-state index contributed by atoms with van der Waals surface area (Å²) < 4.78 is 5.10. The molecule has 0 radical (unpaired) electrons. The van der Waals surface area contributed by atoms with Crippen LogP contribution in [0.1, 0.15) is 37.0 Å². The number of hydrogen-bond acceptors (Lipinski definition) is 3. The zero-order valence-corrected chi connectivity index (χ0v) is 9.47.